The van der Waals surface area contributed by atoms with Crippen molar-refractivity contribution >= 4 is 29.0 Å². The minimum Gasteiger partial charge on any atom is -0.378 e. The number of aryl methyl sites for hydroxylation is 1. The molecule has 0 bridgehead atoms. The lowest BCUT2D eigenvalue weighted by Crippen LogP contribution is -2.49. The molecule has 2 aromatic rings. The van der Waals surface area contributed by atoms with Crippen LogP contribution < -0.4 is 9.80 Å². The highest BCUT2D eigenvalue weighted by Crippen LogP contribution is 2.25. The summed E-state index contributed by atoms with van der Waals surface area (Å²) in [6.07, 6.45) is 0. The molecule has 8 heteroatoms. The molecule has 2 saturated heterocycles. The van der Waals surface area contributed by atoms with Gasteiger partial charge in [0.2, 0.25) is 0 Å². The van der Waals surface area contributed by atoms with Gasteiger partial charge in [-0.3, -0.25) is 4.79 Å². The number of nitrogens with zero attached hydrogens (tertiary/aromatic N) is 5. The molecule has 1 aromatic carbocycles. The zero-order valence-electron chi connectivity index (χ0n) is 16.0. The van der Waals surface area contributed by atoms with Gasteiger partial charge in [-0.05, 0) is 36.8 Å². The Morgan fingerprint density at radius 2 is 1.71 bits per heavy atom. The fourth-order valence-corrected chi connectivity index (χ4v) is 3.80. The summed E-state index contributed by atoms with van der Waals surface area (Å²) in [5.74, 6) is 0.726. The molecule has 3 heterocycles. The third kappa shape index (κ3) is 4.05. The van der Waals surface area contributed by atoms with Gasteiger partial charge in [0.1, 0.15) is 0 Å². The van der Waals surface area contributed by atoms with Crippen molar-refractivity contribution in [1.82, 2.24) is 15.1 Å². The first-order chi connectivity index (χ1) is 13.6. The summed E-state index contributed by atoms with van der Waals surface area (Å²) >= 11 is 6.15. The smallest absolute Gasteiger partial charge is 0.274 e. The molecule has 0 saturated carbocycles. The van der Waals surface area contributed by atoms with Crippen LogP contribution in [0.3, 0.4) is 0 Å². The van der Waals surface area contributed by atoms with Crippen molar-refractivity contribution in [2.75, 3.05) is 62.3 Å². The summed E-state index contributed by atoms with van der Waals surface area (Å²) in [6.45, 7) is 7.90. The number of benzene rings is 1. The molecule has 2 aliphatic heterocycles. The van der Waals surface area contributed by atoms with E-state index in [1.807, 2.05) is 29.2 Å². The first-order valence-electron chi connectivity index (χ1n) is 9.58. The zero-order chi connectivity index (χ0) is 19.5. The van der Waals surface area contributed by atoms with Crippen LogP contribution in [0.1, 0.15) is 16.1 Å². The number of ether oxygens (including phenoxy) is 1. The number of hydrogen-bond donors (Lipinski definition) is 0. The zero-order valence-corrected chi connectivity index (χ0v) is 16.7. The predicted octanol–water partition coefficient (Wildman–Crippen LogP) is 2.24. The number of anilines is 2. The average Bonchev–Trinajstić information content (AvgIpc) is 2.76. The largest absolute Gasteiger partial charge is 0.378 e. The molecule has 1 aromatic heterocycles. The summed E-state index contributed by atoms with van der Waals surface area (Å²) in [5, 5.41) is 9.16. The lowest BCUT2D eigenvalue weighted by atomic mass is 10.1. The minimum atomic E-state index is -0.0662. The highest BCUT2D eigenvalue weighted by Gasteiger charge is 2.24. The van der Waals surface area contributed by atoms with Crippen molar-refractivity contribution in [2.45, 2.75) is 6.92 Å². The van der Waals surface area contributed by atoms with E-state index in [-0.39, 0.29) is 5.91 Å². The fraction of sp³-hybridized carbons (Fsp3) is 0.450. The number of rotatable bonds is 3. The molecular weight excluding hydrogens is 378 g/mol. The third-order valence-corrected chi connectivity index (χ3v) is 5.52. The lowest BCUT2D eigenvalue weighted by Gasteiger charge is -2.36. The van der Waals surface area contributed by atoms with E-state index in [0.717, 1.165) is 42.7 Å². The summed E-state index contributed by atoms with van der Waals surface area (Å²) in [7, 11) is 0. The van der Waals surface area contributed by atoms with Gasteiger partial charge in [-0.15, -0.1) is 10.2 Å². The van der Waals surface area contributed by atoms with E-state index in [1.54, 1.807) is 6.07 Å². The average molecular weight is 402 g/mol. The molecule has 1 amide bonds. The molecular formula is C20H24ClN5O2. The minimum absolute atomic E-state index is 0.0662. The molecule has 0 N–H and O–H groups in total. The third-order valence-electron chi connectivity index (χ3n) is 5.28. The van der Waals surface area contributed by atoms with Crippen LogP contribution in [0, 0.1) is 6.92 Å². The number of hydrogen-bond acceptors (Lipinski definition) is 6. The number of aromatic nitrogens is 2. The van der Waals surface area contributed by atoms with Crippen molar-refractivity contribution in [3.63, 3.8) is 0 Å². The fourth-order valence-electron chi connectivity index (χ4n) is 3.64. The highest BCUT2D eigenvalue weighted by atomic mass is 35.5. The van der Waals surface area contributed by atoms with E-state index in [0.29, 0.717) is 32.0 Å². The highest BCUT2D eigenvalue weighted by molar-refractivity contribution is 6.30. The topological polar surface area (TPSA) is 61.8 Å². The standard InChI is InChI=1S/C20H24ClN5O2/c1-15-2-3-16(21)14-18(15)24-6-8-26(9-7-24)20(27)17-4-5-19(23-22-17)25-10-12-28-13-11-25/h2-5,14H,6-13H2,1H3. The van der Waals surface area contributed by atoms with Crippen LogP contribution in [0.15, 0.2) is 30.3 Å². The maximum atomic E-state index is 12.8. The van der Waals surface area contributed by atoms with Crippen molar-refractivity contribution in [3.05, 3.63) is 46.6 Å². The Balaban J connectivity index is 1.38. The Hall–Kier alpha value is -2.38. The van der Waals surface area contributed by atoms with Crippen molar-refractivity contribution < 1.29 is 9.53 Å². The van der Waals surface area contributed by atoms with Crippen LogP contribution in [0.25, 0.3) is 0 Å². The number of piperazine rings is 1. The van der Waals surface area contributed by atoms with Gasteiger partial charge in [-0.25, -0.2) is 0 Å². The van der Waals surface area contributed by atoms with E-state index in [9.17, 15) is 4.79 Å². The molecule has 0 atom stereocenters. The number of carbonyl (C=O) groups is 1. The SMILES string of the molecule is Cc1ccc(Cl)cc1N1CCN(C(=O)c2ccc(N3CCOCC3)nn2)CC1. The van der Waals surface area contributed by atoms with Crippen LogP contribution in [-0.2, 0) is 4.74 Å². The van der Waals surface area contributed by atoms with Crippen LogP contribution in [0.2, 0.25) is 5.02 Å². The normalized spacial score (nSPS) is 17.7. The van der Waals surface area contributed by atoms with E-state index < -0.39 is 0 Å². The Morgan fingerprint density at radius 1 is 0.964 bits per heavy atom. The number of carbonyl (C=O) groups excluding carboxylic acids is 1. The number of amides is 1. The van der Waals surface area contributed by atoms with Gasteiger partial charge >= 0.3 is 0 Å². The molecule has 148 valence electrons. The summed E-state index contributed by atoms with van der Waals surface area (Å²) in [6, 6.07) is 9.56. The second kappa shape index (κ2) is 8.32. The molecule has 28 heavy (non-hydrogen) atoms. The van der Waals surface area contributed by atoms with Gasteiger partial charge < -0.3 is 19.4 Å². The van der Waals surface area contributed by atoms with Gasteiger partial charge in [0.05, 0.1) is 13.2 Å². The van der Waals surface area contributed by atoms with Crippen molar-refractivity contribution in [3.8, 4) is 0 Å². The maximum absolute atomic E-state index is 12.8. The molecule has 4 rings (SSSR count). The van der Waals surface area contributed by atoms with E-state index in [4.69, 9.17) is 16.3 Å². The summed E-state index contributed by atoms with van der Waals surface area (Å²) in [5.41, 5.74) is 2.72. The van der Waals surface area contributed by atoms with Gasteiger partial charge in [-0.1, -0.05) is 17.7 Å². The van der Waals surface area contributed by atoms with Crippen LogP contribution >= 0.6 is 11.6 Å². The Kier molecular flexibility index (Phi) is 5.64. The second-order valence-electron chi connectivity index (χ2n) is 7.09. The van der Waals surface area contributed by atoms with Crippen LogP contribution in [-0.4, -0.2) is 73.5 Å². The monoisotopic (exact) mass is 401 g/mol. The molecule has 0 aliphatic carbocycles. The van der Waals surface area contributed by atoms with Gasteiger partial charge in [0.25, 0.3) is 5.91 Å². The lowest BCUT2D eigenvalue weighted by molar-refractivity contribution is 0.0739. The number of halogens is 1. The molecule has 0 radical (unpaired) electrons. The van der Waals surface area contributed by atoms with Crippen molar-refractivity contribution in [2.24, 2.45) is 0 Å². The maximum Gasteiger partial charge on any atom is 0.274 e. The Bertz CT molecular complexity index is 831. The quantitative estimate of drug-likeness (QED) is 0.786. The van der Waals surface area contributed by atoms with Crippen LogP contribution in [0.4, 0.5) is 11.5 Å². The van der Waals surface area contributed by atoms with Gasteiger partial charge in [0.15, 0.2) is 11.5 Å². The Morgan fingerprint density at radius 3 is 2.39 bits per heavy atom. The van der Waals surface area contributed by atoms with E-state index in [1.165, 1.54) is 5.56 Å². The first-order valence-corrected chi connectivity index (χ1v) is 9.96. The predicted molar refractivity (Wildman–Crippen MR) is 109 cm³/mol. The first kappa shape index (κ1) is 19.0. The van der Waals surface area contributed by atoms with Gasteiger partial charge in [0, 0.05) is 50.0 Å². The van der Waals surface area contributed by atoms with E-state index >= 15 is 0 Å². The molecule has 2 fully saturated rings. The molecule has 0 unspecified atom stereocenters. The van der Waals surface area contributed by atoms with Crippen molar-refractivity contribution in [1.29, 1.82) is 0 Å². The second-order valence-corrected chi connectivity index (χ2v) is 7.52. The Labute approximate surface area is 169 Å². The van der Waals surface area contributed by atoms with E-state index in [2.05, 4.69) is 26.9 Å². The molecule has 0 spiro atoms. The summed E-state index contributed by atoms with van der Waals surface area (Å²) in [4.78, 5) is 19.0. The molecule has 7 nitrogen and oxygen atoms in total. The summed E-state index contributed by atoms with van der Waals surface area (Å²) < 4.78 is 5.36. The van der Waals surface area contributed by atoms with Gasteiger partial charge in [-0.2, -0.15) is 0 Å². The molecule has 2 aliphatic rings. The number of morpholine rings is 1. The van der Waals surface area contributed by atoms with Crippen LogP contribution in [0.5, 0.6) is 0 Å².